The highest BCUT2D eigenvalue weighted by Crippen LogP contribution is 2.41. The van der Waals surface area contributed by atoms with Crippen molar-refractivity contribution in [3.63, 3.8) is 0 Å². The van der Waals surface area contributed by atoms with E-state index in [2.05, 4.69) is 42.6 Å². The molecule has 2 aromatic rings. The van der Waals surface area contributed by atoms with E-state index < -0.39 is 0 Å². The lowest BCUT2D eigenvalue weighted by molar-refractivity contribution is 0.393. The second-order valence-corrected chi connectivity index (χ2v) is 6.74. The van der Waals surface area contributed by atoms with E-state index in [-0.39, 0.29) is 6.04 Å². The molecule has 1 atom stereocenters. The van der Waals surface area contributed by atoms with Crippen LogP contribution in [0.5, 0.6) is 11.5 Å². The molecule has 0 aliphatic carbocycles. The van der Waals surface area contributed by atoms with Crippen molar-refractivity contribution < 1.29 is 9.47 Å². The molecule has 0 saturated heterocycles. The van der Waals surface area contributed by atoms with Crippen LogP contribution in [0.25, 0.3) is 0 Å². The molecule has 1 unspecified atom stereocenters. The van der Waals surface area contributed by atoms with E-state index in [1.54, 1.807) is 25.6 Å². The lowest BCUT2D eigenvalue weighted by atomic mass is 10.0. The maximum absolute atomic E-state index is 5.51. The number of thiophene rings is 1. The van der Waals surface area contributed by atoms with Crippen LogP contribution in [0.4, 0.5) is 0 Å². The van der Waals surface area contributed by atoms with E-state index in [1.165, 1.54) is 4.88 Å². The van der Waals surface area contributed by atoms with Gasteiger partial charge in [0.2, 0.25) is 0 Å². The summed E-state index contributed by atoms with van der Waals surface area (Å²) in [6.07, 6.45) is 0. The lowest BCUT2D eigenvalue weighted by Gasteiger charge is -2.20. The standard InChI is InChI=1S/C14H15Br2NO2S/c1-17-13(14-9(15)4-5-20-14)8-6-12(19-3)10(16)7-11(8)18-2/h4-7,13,17H,1-3H3. The van der Waals surface area contributed by atoms with E-state index in [4.69, 9.17) is 9.47 Å². The Labute approximate surface area is 139 Å². The molecular weight excluding hydrogens is 406 g/mol. The number of nitrogens with one attached hydrogen (secondary N) is 1. The van der Waals surface area contributed by atoms with E-state index in [1.807, 2.05) is 25.2 Å². The number of halogens is 2. The van der Waals surface area contributed by atoms with E-state index in [0.29, 0.717) is 0 Å². The van der Waals surface area contributed by atoms with Gasteiger partial charge >= 0.3 is 0 Å². The second-order valence-electron chi connectivity index (χ2n) is 4.08. The summed E-state index contributed by atoms with van der Waals surface area (Å²) in [7, 11) is 5.27. The molecule has 1 N–H and O–H groups in total. The van der Waals surface area contributed by atoms with E-state index in [0.717, 1.165) is 26.0 Å². The largest absolute Gasteiger partial charge is 0.496 e. The summed E-state index contributed by atoms with van der Waals surface area (Å²) in [4.78, 5) is 1.20. The number of rotatable bonds is 5. The monoisotopic (exact) mass is 419 g/mol. The molecule has 0 spiro atoms. The van der Waals surface area contributed by atoms with Crippen molar-refractivity contribution in [1.29, 1.82) is 0 Å². The zero-order valence-electron chi connectivity index (χ0n) is 11.4. The number of hydrogen-bond acceptors (Lipinski definition) is 4. The molecule has 0 aliphatic rings. The van der Waals surface area contributed by atoms with Gasteiger partial charge in [0.25, 0.3) is 0 Å². The number of methoxy groups -OCH3 is 2. The van der Waals surface area contributed by atoms with Gasteiger partial charge in [0, 0.05) is 14.9 Å². The Morgan fingerprint density at radius 3 is 2.30 bits per heavy atom. The molecule has 108 valence electrons. The highest BCUT2D eigenvalue weighted by atomic mass is 79.9. The van der Waals surface area contributed by atoms with Crippen LogP contribution in [-0.4, -0.2) is 21.3 Å². The molecule has 6 heteroatoms. The van der Waals surface area contributed by atoms with Crippen LogP contribution in [0.15, 0.2) is 32.5 Å². The van der Waals surface area contributed by atoms with Gasteiger partial charge in [-0.05, 0) is 62.5 Å². The van der Waals surface area contributed by atoms with Gasteiger partial charge in [-0.15, -0.1) is 11.3 Å². The van der Waals surface area contributed by atoms with Gasteiger partial charge in [0.05, 0.1) is 24.7 Å². The molecule has 2 rings (SSSR count). The van der Waals surface area contributed by atoms with Gasteiger partial charge in [-0.3, -0.25) is 0 Å². The van der Waals surface area contributed by atoms with Gasteiger partial charge in [-0.1, -0.05) is 0 Å². The molecule has 0 amide bonds. The minimum atomic E-state index is 0.0429. The first kappa shape index (κ1) is 15.8. The average molecular weight is 421 g/mol. The second kappa shape index (κ2) is 6.93. The van der Waals surface area contributed by atoms with E-state index >= 15 is 0 Å². The first-order valence-electron chi connectivity index (χ1n) is 5.94. The first-order chi connectivity index (χ1) is 9.62. The van der Waals surface area contributed by atoms with Crippen LogP contribution in [0, 0.1) is 0 Å². The minimum Gasteiger partial charge on any atom is -0.496 e. The van der Waals surface area contributed by atoms with Crippen molar-refractivity contribution in [2.75, 3.05) is 21.3 Å². The minimum absolute atomic E-state index is 0.0429. The Balaban J connectivity index is 2.56. The molecule has 0 saturated carbocycles. The molecule has 1 aromatic carbocycles. The van der Waals surface area contributed by atoms with Crippen LogP contribution in [0.3, 0.4) is 0 Å². The highest BCUT2D eigenvalue weighted by Gasteiger charge is 2.22. The molecule has 20 heavy (non-hydrogen) atoms. The predicted molar refractivity (Wildman–Crippen MR) is 90.2 cm³/mol. The predicted octanol–water partition coefficient (Wildman–Crippen LogP) is 4.60. The summed E-state index contributed by atoms with van der Waals surface area (Å²) in [5.74, 6) is 1.60. The fourth-order valence-corrected chi connectivity index (χ4v) is 4.26. The third-order valence-corrected chi connectivity index (χ3v) is 5.57. The molecular formula is C14H15Br2NO2S. The zero-order chi connectivity index (χ0) is 14.7. The van der Waals surface area contributed by atoms with E-state index in [9.17, 15) is 0 Å². The summed E-state index contributed by atoms with van der Waals surface area (Å²) in [6, 6.07) is 6.02. The SMILES string of the molecule is CNC(c1cc(OC)c(Br)cc1OC)c1sccc1Br. The summed E-state index contributed by atoms with van der Waals surface area (Å²) < 4.78 is 12.9. The molecule has 0 radical (unpaired) electrons. The summed E-state index contributed by atoms with van der Waals surface area (Å²) >= 11 is 8.77. The van der Waals surface area contributed by atoms with Crippen molar-refractivity contribution in [2.24, 2.45) is 0 Å². The highest BCUT2D eigenvalue weighted by molar-refractivity contribution is 9.10. The fraction of sp³-hybridized carbons (Fsp3) is 0.286. The van der Waals surface area contributed by atoms with Crippen molar-refractivity contribution in [3.8, 4) is 11.5 Å². The smallest absolute Gasteiger partial charge is 0.133 e. The van der Waals surface area contributed by atoms with Crippen LogP contribution in [0.1, 0.15) is 16.5 Å². The molecule has 0 fully saturated rings. The van der Waals surface area contributed by atoms with Gasteiger partial charge in [-0.2, -0.15) is 0 Å². The molecule has 3 nitrogen and oxygen atoms in total. The fourth-order valence-electron chi connectivity index (χ4n) is 2.05. The van der Waals surface area contributed by atoms with Crippen LogP contribution in [-0.2, 0) is 0 Å². The van der Waals surface area contributed by atoms with Crippen LogP contribution in [0.2, 0.25) is 0 Å². The van der Waals surface area contributed by atoms with Crippen molar-refractivity contribution >= 4 is 43.2 Å². The molecule has 0 aliphatic heterocycles. The first-order valence-corrected chi connectivity index (χ1v) is 8.40. The Morgan fingerprint density at radius 2 is 1.80 bits per heavy atom. The normalized spacial score (nSPS) is 12.2. The maximum Gasteiger partial charge on any atom is 0.133 e. The molecule has 1 aromatic heterocycles. The van der Waals surface area contributed by atoms with Gasteiger partial charge in [-0.25, -0.2) is 0 Å². The Hall–Kier alpha value is -0.560. The number of ether oxygens (including phenoxy) is 2. The quantitative estimate of drug-likeness (QED) is 0.766. The Morgan fingerprint density at radius 1 is 1.10 bits per heavy atom. The van der Waals surface area contributed by atoms with Gasteiger partial charge in [0.15, 0.2) is 0 Å². The molecule has 0 bridgehead atoms. The maximum atomic E-state index is 5.51. The van der Waals surface area contributed by atoms with Crippen molar-refractivity contribution in [3.05, 3.63) is 43.0 Å². The number of hydrogen-bond donors (Lipinski definition) is 1. The third kappa shape index (κ3) is 3.03. The lowest BCUT2D eigenvalue weighted by Crippen LogP contribution is -2.18. The molecule has 1 heterocycles. The number of benzene rings is 1. The summed E-state index contributed by atoms with van der Waals surface area (Å²) in [6.45, 7) is 0. The van der Waals surface area contributed by atoms with Crippen molar-refractivity contribution in [1.82, 2.24) is 5.32 Å². The van der Waals surface area contributed by atoms with Crippen LogP contribution >= 0.6 is 43.2 Å². The summed E-state index contributed by atoms with van der Waals surface area (Å²) in [5.41, 5.74) is 1.04. The van der Waals surface area contributed by atoms with Gasteiger partial charge < -0.3 is 14.8 Å². The van der Waals surface area contributed by atoms with Crippen LogP contribution < -0.4 is 14.8 Å². The Bertz CT molecular complexity index is 601. The average Bonchev–Trinajstić information content (AvgIpc) is 2.87. The summed E-state index contributed by atoms with van der Waals surface area (Å²) in [5, 5.41) is 5.40. The van der Waals surface area contributed by atoms with Crippen molar-refractivity contribution in [2.45, 2.75) is 6.04 Å². The third-order valence-electron chi connectivity index (χ3n) is 3.01. The topological polar surface area (TPSA) is 30.5 Å². The Kier molecular flexibility index (Phi) is 5.49. The van der Waals surface area contributed by atoms with Gasteiger partial charge in [0.1, 0.15) is 11.5 Å². The zero-order valence-corrected chi connectivity index (χ0v) is 15.4.